The summed E-state index contributed by atoms with van der Waals surface area (Å²) in [6.45, 7) is 4.50. The van der Waals surface area contributed by atoms with E-state index in [-0.39, 0.29) is 12.4 Å². The van der Waals surface area contributed by atoms with Crippen molar-refractivity contribution in [1.82, 2.24) is 0 Å². The van der Waals surface area contributed by atoms with E-state index in [0.29, 0.717) is 12.4 Å². The van der Waals surface area contributed by atoms with Crippen LogP contribution in [0.15, 0.2) is 89.5 Å². The zero-order chi connectivity index (χ0) is 22.9. The van der Waals surface area contributed by atoms with Crippen LogP contribution in [0.1, 0.15) is 12.5 Å². The van der Waals surface area contributed by atoms with Crippen molar-refractivity contribution >= 4 is 29.5 Å². The smallest absolute Gasteiger partial charge is 0.374 e. The number of hydrogen-bond acceptors (Lipinski definition) is 6. The van der Waals surface area contributed by atoms with Gasteiger partial charge < -0.3 is 19.1 Å². The molecule has 0 saturated heterocycles. The maximum Gasteiger partial charge on any atom is 0.374 e. The molecule has 0 aliphatic carbocycles. The van der Waals surface area contributed by atoms with Gasteiger partial charge in [0, 0.05) is 17.2 Å². The van der Waals surface area contributed by atoms with E-state index in [4.69, 9.17) is 14.2 Å². The zero-order valence-corrected chi connectivity index (χ0v) is 19.4. The van der Waals surface area contributed by atoms with E-state index in [0.717, 1.165) is 30.2 Å². The van der Waals surface area contributed by atoms with Gasteiger partial charge in [0.25, 0.3) is 0 Å². The molecule has 170 valence electrons. The summed E-state index contributed by atoms with van der Waals surface area (Å²) < 4.78 is 16.9. The first kappa shape index (κ1) is 22.8. The van der Waals surface area contributed by atoms with Gasteiger partial charge >= 0.3 is 5.97 Å². The molecule has 0 saturated carbocycles. The second-order valence-electron chi connectivity index (χ2n) is 7.36. The molecule has 5 nitrogen and oxygen atoms in total. The lowest BCUT2D eigenvalue weighted by molar-refractivity contribution is -0.140. The molecule has 0 radical (unpaired) electrons. The number of para-hydroxylation sites is 2. The van der Waals surface area contributed by atoms with Crippen molar-refractivity contribution in [3.63, 3.8) is 0 Å². The number of carbonyl (C=O) groups is 1. The number of nitrogens with zero attached hydrogens (tertiary/aromatic N) is 1. The van der Waals surface area contributed by atoms with Gasteiger partial charge in [0.05, 0.1) is 18.8 Å². The van der Waals surface area contributed by atoms with Crippen molar-refractivity contribution in [3.05, 3.63) is 90.2 Å². The SMILES string of the molecule is CCOC(=O)C(=Cc1ccc(OCCN2CCSc3ccccc32)cc1)Oc1ccccc1. The Kier molecular flexibility index (Phi) is 7.93. The van der Waals surface area contributed by atoms with Gasteiger partial charge in [-0.1, -0.05) is 42.5 Å². The van der Waals surface area contributed by atoms with Crippen molar-refractivity contribution in [2.75, 3.05) is 37.0 Å². The Labute approximate surface area is 199 Å². The Bertz CT molecular complexity index is 1080. The van der Waals surface area contributed by atoms with Gasteiger partial charge in [0.1, 0.15) is 18.1 Å². The van der Waals surface area contributed by atoms with Crippen LogP contribution in [0, 0.1) is 0 Å². The van der Waals surface area contributed by atoms with Gasteiger partial charge in [0.2, 0.25) is 5.76 Å². The van der Waals surface area contributed by atoms with E-state index in [9.17, 15) is 4.79 Å². The van der Waals surface area contributed by atoms with Crippen LogP contribution in [-0.2, 0) is 9.53 Å². The van der Waals surface area contributed by atoms with Crippen LogP contribution in [0.3, 0.4) is 0 Å². The first-order chi connectivity index (χ1) is 16.2. The van der Waals surface area contributed by atoms with Gasteiger partial charge in [-0.15, -0.1) is 11.8 Å². The average Bonchev–Trinajstić information content (AvgIpc) is 2.85. The molecule has 0 unspecified atom stereocenters. The summed E-state index contributed by atoms with van der Waals surface area (Å²) in [7, 11) is 0. The number of hydrogen-bond donors (Lipinski definition) is 0. The molecule has 1 aliphatic heterocycles. The molecule has 0 atom stereocenters. The van der Waals surface area contributed by atoms with E-state index in [1.165, 1.54) is 10.6 Å². The summed E-state index contributed by atoms with van der Waals surface area (Å²) in [5.41, 5.74) is 2.10. The minimum atomic E-state index is -0.498. The molecule has 1 heterocycles. The fourth-order valence-corrected chi connectivity index (χ4v) is 4.54. The van der Waals surface area contributed by atoms with E-state index in [1.807, 2.05) is 54.2 Å². The number of ether oxygens (including phenoxy) is 3. The first-order valence-electron chi connectivity index (χ1n) is 11.0. The monoisotopic (exact) mass is 461 g/mol. The minimum absolute atomic E-state index is 0.137. The van der Waals surface area contributed by atoms with Crippen molar-refractivity contribution in [2.45, 2.75) is 11.8 Å². The largest absolute Gasteiger partial charge is 0.492 e. The van der Waals surface area contributed by atoms with Crippen molar-refractivity contribution < 1.29 is 19.0 Å². The molecular formula is C27H27NO4S. The Morgan fingerprint density at radius 3 is 2.52 bits per heavy atom. The number of fused-ring (bicyclic) bond motifs is 1. The first-order valence-corrected chi connectivity index (χ1v) is 12.0. The minimum Gasteiger partial charge on any atom is -0.492 e. The molecule has 4 rings (SSSR count). The maximum atomic E-state index is 12.4. The predicted molar refractivity (Wildman–Crippen MR) is 133 cm³/mol. The van der Waals surface area contributed by atoms with Crippen molar-refractivity contribution in [2.24, 2.45) is 0 Å². The second kappa shape index (κ2) is 11.5. The summed E-state index contributed by atoms with van der Waals surface area (Å²) in [5, 5.41) is 0. The quantitative estimate of drug-likeness (QED) is 0.233. The molecule has 0 fully saturated rings. The van der Waals surface area contributed by atoms with E-state index >= 15 is 0 Å². The van der Waals surface area contributed by atoms with Gasteiger partial charge in [-0.05, 0) is 55.0 Å². The highest BCUT2D eigenvalue weighted by atomic mass is 32.2. The highest BCUT2D eigenvalue weighted by Gasteiger charge is 2.16. The molecule has 0 N–H and O–H groups in total. The van der Waals surface area contributed by atoms with Crippen LogP contribution in [0.2, 0.25) is 0 Å². The molecule has 3 aromatic carbocycles. The molecule has 1 aliphatic rings. The number of benzene rings is 3. The van der Waals surface area contributed by atoms with E-state index < -0.39 is 5.97 Å². The Morgan fingerprint density at radius 1 is 0.970 bits per heavy atom. The Hall–Kier alpha value is -3.38. The summed E-state index contributed by atoms with van der Waals surface area (Å²) in [6.07, 6.45) is 1.68. The molecule has 0 bridgehead atoms. The van der Waals surface area contributed by atoms with E-state index in [2.05, 4.69) is 29.2 Å². The maximum absolute atomic E-state index is 12.4. The average molecular weight is 462 g/mol. The van der Waals surface area contributed by atoms with Crippen molar-refractivity contribution in [1.29, 1.82) is 0 Å². The number of esters is 1. The highest BCUT2D eigenvalue weighted by molar-refractivity contribution is 7.99. The zero-order valence-electron chi connectivity index (χ0n) is 18.6. The van der Waals surface area contributed by atoms with Crippen molar-refractivity contribution in [3.8, 4) is 11.5 Å². The normalized spacial score (nSPS) is 13.2. The van der Waals surface area contributed by atoms with E-state index in [1.54, 1.807) is 25.1 Å². The number of anilines is 1. The summed E-state index contributed by atoms with van der Waals surface area (Å²) in [4.78, 5) is 16.1. The number of carbonyl (C=O) groups excluding carboxylic acids is 1. The lowest BCUT2D eigenvalue weighted by Crippen LogP contribution is -2.33. The lowest BCUT2D eigenvalue weighted by Gasteiger charge is -2.30. The Balaban J connectivity index is 1.37. The molecular weight excluding hydrogens is 434 g/mol. The molecule has 33 heavy (non-hydrogen) atoms. The molecule has 0 spiro atoms. The topological polar surface area (TPSA) is 48.0 Å². The van der Waals surface area contributed by atoms with Crippen LogP contribution in [0.5, 0.6) is 11.5 Å². The van der Waals surface area contributed by atoms with Gasteiger partial charge in [-0.25, -0.2) is 4.79 Å². The van der Waals surface area contributed by atoms with Crippen LogP contribution < -0.4 is 14.4 Å². The number of thioether (sulfide) groups is 1. The fraction of sp³-hybridized carbons (Fsp3) is 0.222. The lowest BCUT2D eigenvalue weighted by atomic mass is 10.2. The van der Waals surface area contributed by atoms with Crippen LogP contribution in [0.4, 0.5) is 5.69 Å². The molecule has 6 heteroatoms. The standard InChI is InChI=1S/C27H27NO4S/c1-2-30-27(29)25(32-23-8-4-3-5-9-23)20-21-12-14-22(15-13-21)31-18-16-28-17-19-33-26-11-7-6-10-24(26)28/h3-15,20H,2,16-19H2,1H3. The number of rotatable bonds is 9. The second-order valence-corrected chi connectivity index (χ2v) is 8.50. The van der Waals surface area contributed by atoms with Gasteiger partial charge in [-0.2, -0.15) is 0 Å². The third-order valence-corrected chi connectivity index (χ3v) is 6.12. The highest BCUT2D eigenvalue weighted by Crippen LogP contribution is 2.34. The molecule has 0 amide bonds. The predicted octanol–water partition coefficient (Wildman–Crippen LogP) is 5.66. The van der Waals surface area contributed by atoms with Crippen LogP contribution in [0.25, 0.3) is 6.08 Å². The van der Waals surface area contributed by atoms with Gasteiger partial charge in [0.15, 0.2) is 0 Å². The summed E-state index contributed by atoms with van der Waals surface area (Å²) in [6, 6.07) is 25.3. The third kappa shape index (κ3) is 6.33. The summed E-state index contributed by atoms with van der Waals surface area (Å²) >= 11 is 1.90. The summed E-state index contributed by atoms with van der Waals surface area (Å²) in [5.74, 6) is 2.09. The van der Waals surface area contributed by atoms with Gasteiger partial charge in [-0.3, -0.25) is 0 Å². The fourth-order valence-electron chi connectivity index (χ4n) is 3.49. The van der Waals surface area contributed by atoms with Crippen LogP contribution >= 0.6 is 11.8 Å². The molecule has 0 aromatic heterocycles. The Morgan fingerprint density at radius 2 is 1.73 bits per heavy atom. The van der Waals surface area contributed by atoms with Crippen LogP contribution in [-0.4, -0.2) is 38.0 Å². The third-order valence-electron chi connectivity index (χ3n) is 5.08. The molecule has 3 aromatic rings.